The lowest BCUT2D eigenvalue weighted by Gasteiger charge is -2.36. The third-order valence-corrected chi connectivity index (χ3v) is 3.80. The Morgan fingerprint density at radius 2 is 2.31 bits per heavy atom. The average molecular weight is 227 g/mol. The summed E-state index contributed by atoms with van der Waals surface area (Å²) in [6.07, 6.45) is 2.63. The quantitative estimate of drug-likeness (QED) is 0.662. The summed E-state index contributed by atoms with van der Waals surface area (Å²) in [6.45, 7) is 4.71. The van der Waals surface area contributed by atoms with E-state index in [-0.39, 0.29) is 12.0 Å². The number of amides is 1. The van der Waals surface area contributed by atoms with Crippen molar-refractivity contribution < 1.29 is 9.53 Å². The van der Waals surface area contributed by atoms with Crippen molar-refractivity contribution in [1.82, 2.24) is 4.90 Å². The van der Waals surface area contributed by atoms with Crippen molar-refractivity contribution in [2.75, 3.05) is 19.7 Å². The summed E-state index contributed by atoms with van der Waals surface area (Å²) in [5, 5.41) is 0. The lowest BCUT2D eigenvalue weighted by Crippen LogP contribution is -2.52. The number of nitrogens with zero attached hydrogens (tertiary/aromatic N) is 1. The van der Waals surface area contributed by atoms with E-state index in [0.29, 0.717) is 18.9 Å². The van der Waals surface area contributed by atoms with E-state index in [1.165, 1.54) is 0 Å². The molecule has 1 aliphatic carbocycles. The number of primary amides is 1. The van der Waals surface area contributed by atoms with Gasteiger partial charge in [-0.1, -0.05) is 0 Å². The second kappa shape index (κ2) is 4.31. The molecular weight excluding hydrogens is 206 g/mol. The number of morpholine rings is 1. The highest BCUT2D eigenvalue weighted by Gasteiger charge is 2.43. The SMILES string of the molecule is CC1CN(C2CCC(N)(C(N)=O)C2)CCO1. The molecule has 1 saturated heterocycles. The molecule has 1 heterocycles. The molecule has 0 bridgehead atoms. The maximum Gasteiger partial charge on any atom is 0.237 e. The fraction of sp³-hybridized carbons (Fsp3) is 0.909. The van der Waals surface area contributed by atoms with Gasteiger partial charge in [0.25, 0.3) is 0 Å². The zero-order valence-electron chi connectivity index (χ0n) is 9.82. The van der Waals surface area contributed by atoms with E-state index in [9.17, 15) is 4.79 Å². The number of nitrogens with two attached hydrogens (primary N) is 2. The molecular formula is C11H21N3O2. The maximum absolute atomic E-state index is 11.3. The summed E-state index contributed by atoms with van der Waals surface area (Å²) in [4.78, 5) is 13.7. The van der Waals surface area contributed by atoms with Gasteiger partial charge in [0.2, 0.25) is 5.91 Å². The molecule has 2 aliphatic rings. The molecule has 3 unspecified atom stereocenters. The molecule has 3 atom stereocenters. The number of ether oxygens (including phenoxy) is 1. The van der Waals surface area contributed by atoms with E-state index < -0.39 is 5.54 Å². The Bertz CT molecular complexity index is 284. The van der Waals surface area contributed by atoms with Crippen LogP contribution in [-0.2, 0) is 9.53 Å². The van der Waals surface area contributed by atoms with Crippen LogP contribution in [0.1, 0.15) is 26.2 Å². The Kier molecular flexibility index (Phi) is 3.19. The Labute approximate surface area is 96.1 Å². The molecule has 0 aromatic rings. The molecule has 0 spiro atoms. The van der Waals surface area contributed by atoms with Gasteiger partial charge in [-0.05, 0) is 26.2 Å². The molecule has 2 fully saturated rings. The second-order valence-corrected chi connectivity index (χ2v) is 5.09. The summed E-state index contributed by atoms with van der Waals surface area (Å²) in [5.41, 5.74) is 10.6. The predicted molar refractivity (Wildman–Crippen MR) is 60.7 cm³/mol. The smallest absolute Gasteiger partial charge is 0.237 e. The minimum atomic E-state index is -0.786. The first-order valence-electron chi connectivity index (χ1n) is 5.96. The van der Waals surface area contributed by atoms with Crippen LogP contribution in [0.5, 0.6) is 0 Å². The van der Waals surface area contributed by atoms with E-state index in [2.05, 4.69) is 11.8 Å². The molecule has 1 amide bonds. The molecule has 0 aromatic carbocycles. The van der Waals surface area contributed by atoms with Crippen LogP contribution in [0.2, 0.25) is 0 Å². The Morgan fingerprint density at radius 3 is 2.88 bits per heavy atom. The first-order chi connectivity index (χ1) is 7.51. The fourth-order valence-electron chi connectivity index (χ4n) is 2.76. The zero-order chi connectivity index (χ0) is 11.8. The molecule has 16 heavy (non-hydrogen) atoms. The highest BCUT2D eigenvalue weighted by Crippen LogP contribution is 2.31. The third-order valence-electron chi connectivity index (χ3n) is 3.80. The number of carbonyl (C=O) groups is 1. The van der Waals surface area contributed by atoms with Gasteiger partial charge in [-0.15, -0.1) is 0 Å². The normalized spacial score (nSPS) is 41.1. The van der Waals surface area contributed by atoms with Gasteiger partial charge in [0.15, 0.2) is 0 Å². The van der Waals surface area contributed by atoms with Crippen molar-refractivity contribution >= 4 is 5.91 Å². The van der Waals surface area contributed by atoms with Gasteiger partial charge in [0.05, 0.1) is 18.2 Å². The fourth-order valence-corrected chi connectivity index (χ4v) is 2.76. The summed E-state index contributed by atoms with van der Waals surface area (Å²) in [5.74, 6) is -0.365. The molecule has 2 rings (SSSR count). The predicted octanol–water partition coefficient (Wildman–Crippen LogP) is -0.558. The van der Waals surface area contributed by atoms with Gasteiger partial charge in [-0.2, -0.15) is 0 Å². The van der Waals surface area contributed by atoms with E-state index in [1.54, 1.807) is 0 Å². The van der Waals surface area contributed by atoms with Crippen LogP contribution >= 0.6 is 0 Å². The number of rotatable bonds is 2. The van der Waals surface area contributed by atoms with Crippen molar-refractivity contribution in [3.63, 3.8) is 0 Å². The molecule has 4 N–H and O–H groups in total. The van der Waals surface area contributed by atoms with Crippen LogP contribution in [0.25, 0.3) is 0 Å². The number of carbonyl (C=O) groups excluding carboxylic acids is 1. The van der Waals surface area contributed by atoms with Crippen LogP contribution in [0.3, 0.4) is 0 Å². The van der Waals surface area contributed by atoms with Gasteiger partial charge < -0.3 is 16.2 Å². The topological polar surface area (TPSA) is 81.6 Å². The zero-order valence-corrected chi connectivity index (χ0v) is 9.82. The Balaban J connectivity index is 1.95. The van der Waals surface area contributed by atoms with E-state index >= 15 is 0 Å². The minimum Gasteiger partial charge on any atom is -0.376 e. The highest BCUT2D eigenvalue weighted by molar-refractivity contribution is 5.84. The maximum atomic E-state index is 11.3. The van der Waals surface area contributed by atoms with Crippen molar-refractivity contribution in [2.45, 2.75) is 43.9 Å². The largest absolute Gasteiger partial charge is 0.376 e. The van der Waals surface area contributed by atoms with Gasteiger partial charge in [-0.3, -0.25) is 9.69 Å². The van der Waals surface area contributed by atoms with Gasteiger partial charge in [0, 0.05) is 19.1 Å². The molecule has 1 aliphatic heterocycles. The second-order valence-electron chi connectivity index (χ2n) is 5.09. The minimum absolute atomic E-state index is 0.273. The first-order valence-corrected chi connectivity index (χ1v) is 5.96. The van der Waals surface area contributed by atoms with Gasteiger partial charge in [-0.25, -0.2) is 0 Å². The van der Waals surface area contributed by atoms with Crippen LogP contribution in [0.15, 0.2) is 0 Å². The summed E-state index contributed by atoms with van der Waals surface area (Å²) < 4.78 is 5.50. The third kappa shape index (κ3) is 2.21. The average Bonchev–Trinajstić information content (AvgIpc) is 2.62. The lowest BCUT2D eigenvalue weighted by molar-refractivity contribution is -0.123. The van der Waals surface area contributed by atoms with Crippen LogP contribution in [-0.4, -0.2) is 48.2 Å². The van der Waals surface area contributed by atoms with Crippen molar-refractivity contribution in [3.05, 3.63) is 0 Å². The Hall–Kier alpha value is -0.650. The summed E-state index contributed by atoms with van der Waals surface area (Å²) >= 11 is 0. The highest BCUT2D eigenvalue weighted by atomic mass is 16.5. The first kappa shape index (κ1) is 11.8. The number of hydrogen-bond acceptors (Lipinski definition) is 4. The molecule has 5 heteroatoms. The number of hydrogen-bond donors (Lipinski definition) is 2. The van der Waals surface area contributed by atoms with Gasteiger partial charge in [0.1, 0.15) is 0 Å². The van der Waals surface area contributed by atoms with E-state index in [1.807, 2.05) is 0 Å². The van der Waals surface area contributed by atoms with Crippen LogP contribution < -0.4 is 11.5 Å². The summed E-state index contributed by atoms with van der Waals surface area (Å²) in [7, 11) is 0. The monoisotopic (exact) mass is 227 g/mol. The van der Waals surface area contributed by atoms with Gasteiger partial charge >= 0.3 is 0 Å². The Morgan fingerprint density at radius 1 is 1.56 bits per heavy atom. The standard InChI is InChI=1S/C11H21N3O2/c1-8-7-14(4-5-16-8)9-2-3-11(13,6-9)10(12)15/h8-9H,2-7,13H2,1H3,(H2,12,15). The molecule has 1 saturated carbocycles. The van der Waals surface area contributed by atoms with Crippen molar-refractivity contribution in [2.24, 2.45) is 11.5 Å². The van der Waals surface area contributed by atoms with E-state index in [4.69, 9.17) is 16.2 Å². The van der Waals surface area contributed by atoms with Crippen LogP contribution in [0.4, 0.5) is 0 Å². The molecule has 0 radical (unpaired) electrons. The lowest BCUT2D eigenvalue weighted by atomic mass is 9.98. The van der Waals surface area contributed by atoms with Crippen molar-refractivity contribution in [1.29, 1.82) is 0 Å². The molecule has 92 valence electrons. The molecule has 5 nitrogen and oxygen atoms in total. The van der Waals surface area contributed by atoms with Crippen LogP contribution in [0, 0.1) is 0 Å². The summed E-state index contributed by atoms with van der Waals surface area (Å²) in [6, 6.07) is 0.392. The van der Waals surface area contributed by atoms with Crippen molar-refractivity contribution in [3.8, 4) is 0 Å². The molecule has 0 aromatic heterocycles. The van der Waals surface area contributed by atoms with E-state index in [0.717, 1.165) is 26.1 Å².